The van der Waals surface area contributed by atoms with Gasteiger partial charge in [-0.1, -0.05) is 0 Å². The highest BCUT2D eigenvalue weighted by atomic mass is 16.5. The van der Waals surface area contributed by atoms with E-state index in [2.05, 4.69) is 10.6 Å². The van der Waals surface area contributed by atoms with Crippen LogP contribution in [0.25, 0.3) is 0 Å². The molecule has 0 spiro atoms. The monoisotopic (exact) mass is 480 g/mol. The topological polar surface area (TPSA) is 132 Å². The molecule has 3 rings (SSSR count). The summed E-state index contributed by atoms with van der Waals surface area (Å²) < 4.78 is 20.8. The molecule has 0 bridgehead atoms. The van der Waals surface area contributed by atoms with E-state index in [1.54, 1.807) is 12.1 Å². The van der Waals surface area contributed by atoms with Crippen LogP contribution >= 0.6 is 0 Å². The number of hydrogen-bond acceptors (Lipinski definition) is 7. The largest absolute Gasteiger partial charge is 0.493 e. The van der Waals surface area contributed by atoms with Gasteiger partial charge in [-0.15, -0.1) is 0 Å². The van der Waals surface area contributed by atoms with Crippen LogP contribution in [0.15, 0.2) is 54.6 Å². The van der Waals surface area contributed by atoms with Gasteiger partial charge in [0.2, 0.25) is 0 Å². The molecule has 3 N–H and O–H groups in total. The summed E-state index contributed by atoms with van der Waals surface area (Å²) in [5.74, 6) is -0.607. The van der Waals surface area contributed by atoms with Crippen molar-refractivity contribution < 1.29 is 38.4 Å². The predicted molar refractivity (Wildman–Crippen MR) is 128 cm³/mol. The number of hydrogen-bond donors (Lipinski definition) is 3. The summed E-state index contributed by atoms with van der Waals surface area (Å²) in [6.45, 7) is 0. The summed E-state index contributed by atoms with van der Waals surface area (Å²) in [6, 6.07) is 13.2. The number of benzene rings is 3. The number of aromatic carboxylic acids is 1. The standard InChI is InChI=1S/C25H24N2O8/c1-32-19-7-5-14(11-21(19)34-3)23(28)26-17-9-16(25(30)31)10-18(13-17)27-24(29)15-6-8-20(33-2)22(12-15)35-4/h5-13H,1-4H3,(H,26,28)(H,27,29)(H,30,31). The summed E-state index contributed by atoms with van der Waals surface area (Å²) in [7, 11) is 5.85. The highest BCUT2D eigenvalue weighted by molar-refractivity contribution is 6.08. The molecular weight excluding hydrogens is 456 g/mol. The summed E-state index contributed by atoms with van der Waals surface area (Å²) in [5, 5.41) is 14.8. The van der Waals surface area contributed by atoms with Crippen LogP contribution in [0.1, 0.15) is 31.1 Å². The number of ether oxygens (including phenoxy) is 4. The van der Waals surface area contributed by atoms with Gasteiger partial charge in [-0.3, -0.25) is 9.59 Å². The lowest BCUT2D eigenvalue weighted by Crippen LogP contribution is -2.15. The minimum Gasteiger partial charge on any atom is -0.493 e. The number of carbonyl (C=O) groups is 3. The average Bonchev–Trinajstić information content (AvgIpc) is 2.87. The van der Waals surface area contributed by atoms with Crippen molar-refractivity contribution in [1.29, 1.82) is 0 Å². The quantitative estimate of drug-likeness (QED) is 0.420. The van der Waals surface area contributed by atoms with Crippen LogP contribution in [-0.4, -0.2) is 51.3 Å². The number of carboxylic acid groups (broad SMARTS) is 1. The Kier molecular flexibility index (Phi) is 7.77. The second kappa shape index (κ2) is 10.9. The van der Waals surface area contributed by atoms with E-state index in [4.69, 9.17) is 18.9 Å². The number of methoxy groups -OCH3 is 4. The number of rotatable bonds is 9. The molecule has 0 heterocycles. The first-order chi connectivity index (χ1) is 16.8. The first kappa shape index (κ1) is 24.9. The highest BCUT2D eigenvalue weighted by Gasteiger charge is 2.16. The fourth-order valence-electron chi connectivity index (χ4n) is 3.26. The zero-order valence-corrected chi connectivity index (χ0v) is 19.5. The Balaban J connectivity index is 1.87. The Morgan fingerprint density at radius 3 is 1.31 bits per heavy atom. The molecule has 3 aromatic carbocycles. The number of carboxylic acids is 1. The average molecular weight is 480 g/mol. The molecule has 182 valence electrons. The van der Waals surface area contributed by atoms with Crippen LogP contribution in [0.5, 0.6) is 23.0 Å². The normalized spacial score (nSPS) is 10.2. The van der Waals surface area contributed by atoms with Gasteiger partial charge in [0.05, 0.1) is 34.0 Å². The Morgan fingerprint density at radius 1 is 0.571 bits per heavy atom. The fourth-order valence-corrected chi connectivity index (χ4v) is 3.26. The molecule has 0 saturated carbocycles. The molecule has 0 atom stereocenters. The summed E-state index contributed by atoms with van der Waals surface area (Å²) in [5.41, 5.74) is 0.746. The molecule has 0 saturated heterocycles. The predicted octanol–water partition coefficient (Wildman–Crippen LogP) is 3.92. The number of anilines is 2. The van der Waals surface area contributed by atoms with Crippen molar-refractivity contribution in [2.24, 2.45) is 0 Å². The second-order valence-corrected chi connectivity index (χ2v) is 7.15. The van der Waals surface area contributed by atoms with Crippen molar-refractivity contribution in [1.82, 2.24) is 0 Å². The van der Waals surface area contributed by atoms with Crippen molar-refractivity contribution in [3.05, 3.63) is 71.3 Å². The van der Waals surface area contributed by atoms with Gasteiger partial charge in [-0.05, 0) is 54.6 Å². The first-order valence-corrected chi connectivity index (χ1v) is 10.2. The zero-order chi connectivity index (χ0) is 25.5. The SMILES string of the molecule is COc1ccc(C(=O)Nc2cc(NC(=O)c3ccc(OC)c(OC)c3)cc(C(=O)O)c2)cc1OC. The van der Waals surface area contributed by atoms with Crippen LogP contribution in [-0.2, 0) is 0 Å². The Bertz CT molecular complexity index is 1180. The molecule has 0 aliphatic heterocycles. The molecule has 0 radical (unpaired) electrons. The third-order valence-electron chi connectivity index (χ3n) is 4.99. The van der Waals surface area contributed by atoms with E-state index in [1.807, 2.05) is 0 Å². The number of amides is 2. The minimum absolute atomic E-state index is 0.127. The van der Waals surface area contributed by atoms with E-state index in [0.717, 1.165) is 0 Å². The molecule has 35 heavy (non-hydrogen) atoms. The molecule has 0 unspecified atom stereocenters. The Morgan fingerprint density at radius 2 is 0.971 bits per heavy atom. The van der Waals surface area contributed by atoms with Crippen molar-refractivity contribution in [3.8, 4) is 23.0 Å². The van der Waals surface area contributed by atoms with Crippen molar-refractivity contribution in [2.75, 3.05) is 39.1 Å². The van der Waals surface area contributed by atoms with Gasteiger partial charge in [0.25, 0.3) is 11.8 Å². The molecule has 2 amide bonds. The lowest BCUT2D eigenvalue weighted by atomic mass is 10.1. The van der Waals surface area contributed by atoms with E-state index in [1.165, 1.54) is 70.9 Å². The Labute approximate surface area is 201 Å². The van der Waals surface area contributed by atoms with Gasteiger partial charge in [-0.2, -0.15) is 0 Å². The third kappa shape index (κ3) is 5.80. The maximum Gasteiger partial charge on any atom is 0.335 e. The van der Waals surface area contributed by atoms with Crippen LogP contribution in [0.3, 0.4) is 0 Å². The van der Waals surface area contributed by atoms with E-state index in [0.29, 0.717) is 23.0 Å². The third-order valence-corrected chi connectivity index (χ3v) is 4.99. The van der Waals surface area contributed by atoms with Crippen LogP contribution < -0.4 is 29.6 Å². The molecule has 3 aromatic rings. The van der Waals surface area contributed by atoms with Crippen molar-refractivity contribution >= 4 is 29.2 Å². The molecular formula is C25H24N2O8. The molecule has 10 heteroatoms. The van der Waals surface area contributed by atoms with Crippen molar-refractivity contribution in [3.63, 3.8) is 0 Å². The summed E-state index contributed by atoms with van der Waals surface area (Å²) >= 11 is 0. The molecule has 0 aliphatic carbocycles. The minimum atomic E-state index is -1.23. The Hall–Kier alpha value is -4.73. The first-order valence-electron chi connectivity index (χ1n) is 10.2. The molecule has 10 nitrogen and oxygen atoms in total. The van der Waals surface area contributed by atoms with Crippen LogP contribution in [0, 0.1) is 0 Å². The summed E-state index contributed by atoms with van der Waals surface area (Å²) in [6.07, 6.45) is 0. The zero-order valence-electron chi connectivity index (χ0n) is 19.5. The highest BCUT2D eigenvalue weighted by Crippen LogP contribution is 2.29. The molecule has 0 aliphatic rings. The maximum atomic E-state index is 12.8. The van der Waals surface area contributed by atoms with E-state index < -0.39 is 17.8 Å². The van der Waals surface area contributed by atoms with E-state index in [-0.39, 0.29) is 28.1 Å². The van der Waals surface area contributed by atoms with Crippen molar-refractivity contribution in [2.45, 2.75) is 0 Å². The lowest BCUT2D eigenvalue weighted by molar-refractivity contribution is 0.0696. The second-order valence-electron chi connectivity index (χ2n) is 7.15. The van der Waals surface area contributed by atoms with E-state index in [9.17, 15) is 19.5 Å². The van der Waals surface area contributed by atoms with Gasteiger partial charge < -0.3 is 34.7 Å². The van der Waals surface area contributed by atoms with Gasteiger partial charge in [0.15, 0.2) is 23.0 Å². The number of nitrogens with one attached hydrogen (secondary N) is 2. The maximum absolute atomic E-state index is 12.8. The van der Waals surface area contributed by atoms with Gasteiger partial charge in [0, 0.05) is 22.5 Å². The summed E-state index contributed by atoms with van der Waals surface area (Å²) in [4.78, 5) is 37.2. The van der Waals surface area contributed by atoms with Gasteiger partial charge in [0.1, 0.15) is 0 Å². The van der Waals surface area contributed by atoms with E-state index >= 15 is 0 Å². The fraction of sp³-hybridized carbons (Fsp3) is 0.160. The van der Waals surface area contributed by atoms with Gasteiger partial charge >= 0.3 is 5.97 Å². The number of carbonyl (C=O) groups excluding carboxylic acids is 2. The van der Waals surface area contributed by atoms with Crippen LogP contribution in [0.2, 0.25) is 0 Å². The lowest BCUT2D eigenvalue weighted by Gasteiger charge is -2.13. The molecule has 0 fully saturated rings. The van der Waals surface area contributed by atoms with Gasteiger partial charge in [-0.25, -0.2) is 4.79 Å². The van der Waals surface area contributed by atoms with Crippen LogP contribution in [0.4, 0.5) is 11.4 Å². The molecule has 0 aromatic heterocycles. The smallest absolute Gasteiger partial charge is 0.335 e.